The van der Waals surface area contributed by atoms with Crippen molar-refractivity contribution >= 4 is 11.6 Å². The van der Waals surface area contributed by atoms with Crippen LogP contribution < -0.4 is 0 Å². The lowest BCUT2D eigenvalue weighted by Crippen LogP contribution is -2.15. The first-order valence-electron chi connectivity index (χ1n) is 5.00. The molecule has 1 aromatic rings. The fourth-order valence-corrected chi connectivity index (χ4v) is 2.52. The zero-order valence-electron chi connectivity index (χ0n) is 8.89. The predicted molar refractivity (Wildman–Crippen MR) is 61.9 cm³/mol. The molecule has 0 saturated carbocycles. The van der Waals surface area contributed by atoms with Crippen molar-refractivity contribution in [2.75, 3.05) is 0 Å². The zero-order chi connectivity index (χ0) is 10.3. The molecule has 0 N–H and O–H groups in total. The molecule has 0 bridgehead atoms. The number of halogens is 1. The van der Waals surface area contributed by atoms with E-state index in [1.807, 2.05) is 6.07 Å². The van der Waals surface area contributed by atoms with E-state index in [9.17, 15) is 0 Å². The maximum Gasteiger partial charge on any atom is 0.0409 e. The van der Waals surface area contributed by atoms with Crippen LogP contribution >= 0.6 is 11.6 Å². The molecule has 1 aliphatic carbocycles. The Morgan fingerprint density at radius 3 is 2.71 bits per heavy atom. The minimum atomic E-state index is 0.162. The van der Waals surface area contributed by atoms with Gasteiger partial charge in [-0.3, -0.25) is 0 Å². The Balaban J connectivity index is 2.61. The van der Waals surface area contributed by atoms with Crippen molar-refractivity contribution < 1.29 is 0 Å². The van der Waals surface area contributed by atoms with E-state index < -0.39 is 0 Å². The molecule has 0 amide bonds. The van der Waals surface area contributed by atoms with Crippen molar-refractivity contribution in [1.82, 2.24) is 0 Å². The molecule has 0 aliphatic heterocycles. The Hall–Kier alpha value is -0.750. The minimum Gasteiger partial charge on any atom is -0.0872 e. The summed E-state index contributed by atoms with van der Waals surface area (Å²) in [4.78, 5) is 0. The van der Waals surface area contributed by atoms with E-state index in [0.717, 1.165) is 11.4 Å². The third-order valence-electron chi connectivity index (χ3n) is 3.28. The maximum atomic E-state index is 6.02. The van der Waals surface area contributed by atoms with Crippen LogP contribution in [0.4, 0.5) is 0 Å². The molecule has 14 heavy (non-hydrogen) atoms. The second kappa shape index (κ2) is 3.13. The summed E-state index contributed by atoms with van der Waals surface area (Å²) in [5.41, 5.74) is 4.47. The van der Waals surface area contributed by atoms with Crippen molar-refractivity contribution in [3.8, 4) is 0 Å². The van der Waals surface area contributed by atoms with Crippen molar-refractivity contribution in [2.24, 2.45) is 0 Å². The summed E-state index contributed by atoms with van der Waals surface area (Å²) in [6.07, 6.45) is 3.31. The fraction of sp³-hybridized carbons (Fsp3) is 0.385. The molecule has 0 fully saturated rings. The lowest BCUT2D eigenvalue weighted by Gasteiger charge is -2.21. The first kappa shape index (κ1) is 9.79. The van der Waals surface area contributed by atoms with Crippen LogP contribution in [0.1, 0.15) is 31.9 Å². The molecule has 0 atom stereocenters. The summed E-state index contributed by atoms with van der Waals surface area (Å²) in [7, 11) is 0. The van der Waals surface area contributed by atoms with Crippen LogP contribution in [0.3, 0.4) is 0 Å². The van der Waals surface area contributed by atoms with Crippen molar-refractivity contribution in [1.29, 1.82) is 0 Å². The standard InChI is InChI=1S/C13H15Cl/c1-4-10-7-9-5-6-11(14)8-12(9)13(10,2)3/h4-6,8H,7H2,1-3H3. The molecule has 0 aromatic heterocycles. The average Bonchev–Trinajstić information content (AvgIpc) is 2.38. The summed E-state index contributed by atoms with van der Waals surface area (Å²) in [6, 6.07) is 6.23. The predicted octanol–water partition coefficient (Wildman–Crippen LogP) is 4.12. The second-order valence-electron chi connectivity index (χ2n) is 4.42. The zero-order valence-corrected chi connectivity index (χ0v) is 9.65. The molecule has 1 heteroatoms. The van der Waals surface area contributed by atoms with E-state index in [-0.39, 0.29) is 5.41 Å². The molecular weight excluding hydrogens is 192 g/mol. The molecule has 1 aromatic carbocycles. The molecule has 1 aliphatic rings. The molecule has 0 unspecified atom stereocenters. The van der Waals surface area contributed by atoms with Gasteiger partial charge in [0.2, 0.25) is 0 Å². The van der Waals surface area contributed by atoms with Gasteiger partial charge >= 0.3 is 0 Å². The average molecular weight is 207 g/mol. The van der Waals surface area contributed by atoms with Gasteiger partial charge in [-0.15, -0.1) is 0 Å². The summed E-state index contributed by atoms with van der Waals surface area (Å²) < 4.78 is 0. The van der Waals surface area contributed by atoms with Gasteiger partial charge in [0, 0.05) is 10.4 Å². The van der Waals surface area contributed by atoms with E-state index >= 15 is 0 Å². The lowest BCUT2D eigenvalue weighted by molar-refractivity contribution is 0.643. The normalized spacial score (nSPS) is 21.3. The Morgan fingerprint density at radius 2 is 2.07 bits per heavy atom. The number of rotatable bonds is 0. The Bertz CT molecular complexity index is 400. The number of hydrogen-bond acceptors (Lipinski definition) is 0. The van der Waals surface area contributed by atoms with Crippen LogP contribution in [0.2, 0.25) is 5.02 Å². The van der Waals surface area contributed by atoms with Crippen LogP contribution in [-0.2, 0) is 11.8 Å². The van der Waals surface area contributed by atoms with Gasteiger partial charge < -0.3 is 0 Å². The minimum absolute atomic E-state index is 0.162. The molecule has 0 saturated heterocycles. The summed E-state index contributed by atoms with van der Waals surface area (Å²) in [5, 5.41) is 0.842. The van der Waals surface area contributed by atoms with Crippen LogP contribution in [0, 0.1) is 0 Å². The van der Waals surface area contributed by atoms with Crippen LogP contribution in [0.25, 0.3) is 0 Å². The highest BCUT2D eigenvalue weighted by atomic mass is 35.5. The van der Waals surface area contributed by atoms with Crippen molar-refractivity contribution in [3.63, 3.8) is 0 Å². The highest BCUT2D eigenvalue weighted by Crippen LogP contribution is 2.43. The highest BCUT2D eigenvalue weighted by Gasteiger charge is 2.33. The fourth-order valence-electron chi connectivity index (χ4n) is 2.35. The van der Waals surface area contributed by atoms with E-state index in [2.05, 4.69) is 39.0 Å². The van der Waals surface area contributed by atoms with Gasteiger partial charge in [0.15, 0.2) is 0 Å². The summed E-state index contributed by atoms with van der Waals surface area (Å²) >= 11 is 6.02. The van der Waals surface area contributed by atoms with Gasteiger partial charge in [-0.1, -0.05) is 43.2 Å². The third-order valence-corrected chi connectivity index (χ3v) is 3.51. The number of benzene rings is 1. The molecule has 0 heterocycles. The molecule has 0 radical (unpaired) electrons. The van der Waals surface area contributed by atoms with E-state index in [0.29, 0.717) is 0 Å². The van der Waals surface area contributed by atoms with Gasteiger partial charge in [-0.25, -0.2) is 0 Å². The van der Waals surface area contributed by atoms with Crippen molar-refractivity contribution in [2.45, 2.75) is 32.6 Å². The second-order valence-corrected chi connectivity index (χ2v) is 4.85. The maximum absolute atomic E-state index is 6.02. The number of allylic oxidation sites excluding steroid dienone is 2. The molecular formula is C13H15Cl. The topological polar surface area (TPSA) is 0 Å². The van der Waals surface area contributed by atoms with Gasteiger partial charge in [-0.2, -0.15) is 0 Å². The van der Waals surface area contributed by atoms with Gasteiger partial charge in [0.05, 0.1) is 0 Å². The summed E-state index contributed by atoms with van der Waals surface area (Å²) in [6.45, 7) is 6.65. The van der Waals surface area contributed by atoms with E-state index in [1.54, 1.807) is 0 Å². The van der Waals surface area contributed by atoms with Crippen molar-refractivity contribution in [3.05, 3.63) is 46.0 Å². The number of hydrogen-bond donors (Lipinski definition) is 0. The van der Waals surface area contributed by atoms with E-state index in [4.69, 9.17) is 11.6 Å². The quantitative estimate of drug-likeness (QED) is 0.561. The van der Waals surface area contributed by atoms with Gasteiger partial charge in [0.1, 0.15) is 0 Å². The van der Waals surface area contributed by atoms with Gasteiger partial charge in [0.25, 0.3) is 0 Å². The monoisotopic (exact) mass is 206 g/mol. The summed E-state index contributed by atoms with van der Waals surface area (Å²) in [5.74, 6) is 0. The molecule has 74 valence electrons. The Kier molecular flexibility index (Phi) is 2.19. The third kappa shape index (κ3) is 1.29. The number of fused-ring (bicyclic) bond motifs is 1. The Labute approximate surface area is 90.6 Å². The van der Waals surface area contributed by atoms with Crippen LogP contribution in [-0.4, -0.2) is 0 Å². The van der Waals surface area contributed by atoms with Crippen LogP contribution in [0.5, 0.6) is 0 Å². The largest absolute Gasteiger partial charge is 0.0872 e. The SMILES string of the molecule is CC=C1Cc2ccc(Cl)cc2C1(C)C. The molecule has 2 rings (SSSR count). The first-order valence-corrected chi connectivity index (χ1v) is 5.38. The van der Waals surface area contributed by atoms with Crippen LogP contribution in [0.15, 0.2) is 29.8 Å². The van der Waals surface area contributed by atoms with Gasteiger partial charge in [-0.05, 0) is 36.6 Å². The first-order chi connectivity index (χ1) is 6.55. The molecule has 0 nitrogen and oxygen atoms in total. The lowest BCUT2D eigenvalue weighted by atomic mass is 9.83. The Morgan fingerprint density at radius 1 is 1.36 bits per heavy atom. The smallest absolute Gasteiger partial charge is 0.0409 e. The van der Waals surface area contributed by atoms with E-state index in [1.165, 1.54) is 16.7 Å². The molecule has 0 spiro atoms. The highest BCUT2D eigenvalue weighted by molar-refractivity contribution is 6.30.